The molecular weight excluding hydrogens is 414 g/mol. The molecule has 1 aliphatic rings. The molecule has 4 rings (SSSR count). The number of piperazine rings is 1. The zero-order valence-corrected chi connectivity index (χ0v) is 16.9. The van der Waals surface area contributed by atoms with Crippen LogP contribution in [0.2, 0.25) is 5.02 Å². The molecule has 29 heavy (non-hydrogen) atoms. The van der Waals surface area contributed by atoms with Gasteiger partial charge in [0, 0.05) is 49.9 Å². The van der Waals surface area contributed by atoms with Crippen LogP contribution in [0.5, 0.6) is 0 Å². The molecule has 1 saturated heterocycles. The van der Waals surface area contributed by atoms with Gasteiger partial charge in [0.1, 0.15) is 0 Å². The van der Waals surface area contributed by atoms with Gasteiger partial charge in [-0.05, 0) is 23.8 Å². The smallest absolute Gasteiger partial charge is 0.317 e. The average molecular weight is 432 g/mol. The molecule has 0 unspecified atom stereocenters. The highest BCUT2D eigenvalue weighted by Gasteiger charge is 2.23. The van der Waals surface area contributed by atoms with Crippen LogP contribution in [-0.2, 0) is 6.54 Å². The maximum atomic E-state index is 12.4. The summed E-state index contributed by atoms with van der Waals surface area (Å²) < 4.78 is 0.789. The molecule has 8 nitrogen and oxygen atoms in total. The number of nitrogens with one attached hydrogen (secondary N) is 1. The number of anilines is 1. The number of non-ortho nitro benzene ring substituents is 1. The number of amides is 2. The van der Waals surface area contributed by atoms with Crippen LogP contribution in [0.4, 0.5) is 15.6 Å². The average Bonchev–Trinajstić information content (AvgIpc) is 3.16. The standard InChI is InChI=1S/C19H18ClN5O3S/c20-14-3-1-13(2-4-14)12-21-18(26)23-7-9-24(10-8-23)19-22-16-6-5-15(25(27)28)11-17(16)29-19/h1-6,11H,7-10,12H2,(H,21,26). The minimum atomic E-state index is -0.403. The summed E-state index contributed by atoms with van der Waals surface area (Å²) in [5.41, 5.74) is 1.80. The Hall–Kier alpha value is -2.91. The number of nitrogens with zero attached hydrogens (tertiary/aromatic N) is 4. The molecule has 0 radical (unpaired) electrons. The summed E-state index contributed by atoms with van der Waals surface area (Å²) in [5.74, 6) is 0. The van der Waals surface area contributed by atoms with Crippen molar-refractivity contribution >= 4 is 50.0 Å². The van der Waals surface area contributed by atoms with Crippen molar-refractivity contribution < 1.29 is 9.72 Å². The first kappa shape index (κ1) is 19.4. The quantitative estimate of drug-likeness (QED) is 0.499. The van der Waals surface area contributed by atoms with Crippen LogP contribution in [-0.4, -0.2) is 47.0 Å². The molecule has 1 aliphatic heterocycles. The van der Waals surface area contributed by atoms with Crippen LogP contribution in [0, 0.1) is 10.1 Å². The van der Waals surface area contributed by atoms with Crippen molar-refractivity contribution in [1.82, 2.24) is 15.2 Å². The summed E-state index contributed by atoms with van der Waals surface area (Å²) in [6.07, 6.45) is 0. The second kappa shape index (κ2) is 8.22. The second-order valence-electron chi connectivity index (χ2n) is 6.66. The molecule has 2 heterocycles. The van der Waals surface area contributed by atoms with E-state index in [9.17, 15) is 14.9 Å². The topological polar surface area (TPSA) is 91.6 Å². The molecule has 10 heteroatoms. The lowest BCUT2D eigenvalue weighted by Gasteiger charge is -2.34. The Kier molecular flexibility index (Phi) is 5.50. The Labute approximate surface area is 175 Å². The second-order valence-corrected chi connectivity index (χ2v) is 8.11. The van der Waals surface area contributed by atoms with Crippen LogP contribution < -0.4 is 10.2 Å². The van der Waals surface area contributed by atoms with E-state index in [4.69, 9.17) is 11.6 Å². The third kappa shape index (κ3) is 4.41. The highest BCUT2D eigenvalue weighted by Crippen LogP contribution is 2.31. The fraction of sp³-hybridized carbons (Fsp3) is 0.263. The van der Waals surface area contributed by atoms with Gasteiger partial charge in [-0.3, -0.25) is 10.1 Å². The number of aromatic nitrogens is 1. The Balaban J connectivity index is 1.34. The zero-order chi connectivity index (χ0) is 20.4. The van der Waals surface area contributed by atoms with Crippen molar-refractivity contribution in [3.63, 3.8) is 0 Å². The van der Waals surface area contributed by atoms with Gasteiger partial charge in [0.05, 0.1) is 15.1 Å². The summed E-state index contributed by atoms with van der Waals surface area (Å²) >= 11 is 7.31. The van der Waals surface area contributed by atoms with E-state index in [0.29, 0.717) is 37.7 Å². The van der Waals surface area contributed by atoms with Gasteiger partial charge in [0.25, 0.3) is 5.69 Å². The minimum absolute atomic E-state index is 0.0647. The van der Waals surface area contributed by atoms with Crippen molar-refractivity contribution in [2.75, 3.05) is 31.1 Å². The van der Waals surface area contributed by atoms with Gasteiger partial charge in [-0.2, -0.15) is 0 Å². The van der Waals surface area contributed by atoms with Crippen LogP contribution in [0.15, 0.2) is 42.5 Å². The van der Waals surface area contributed by atoms with Crippen LogP contribution in [0.3, 0.4) is 0 Å². The lowest BCUT2D eigenvalue weighted by atomic mass is 10.2. The van der Waals surface area contributed by atoms with Gasteiger partial charge in [0.2, 0.25) is 0 Å². The highest BCUT2D eigenvalue weighted by atomic mass is 35.5. The Morgan fingerprint density at radius 2 is 1.90 bits per heavy atom. The van der Waals surface area contributed by atoms with Crippen LogP contribution >= 0.6 is 22.9 Å². The molecule has 150 valence electrons. The number of benzene rings is 2. The number of carbonyl (C=O) groups excluding carboxylic acids is 1. The zero-order valence-electron chi connectivity index (χ0n) is 15.4. The number of fused-ring (bicyclic) bond motifs is 1. The number of nitro groups is 1. The molecule has 1 fully saturated rings. The van der Waals surface area contributed by atoms with Crippen LogP contribution in [0.1, 0.15) is 5.56 Å². The molecule has 3 aromatic rings. The lowest BCUT2D eigenvalue weighted by Crippen LogP contribution is -2.51. The van der Waals surface area contributed by atoms with E-state index in [1.54, 1.807) is 29.2 Å². The largest absolute Gasteiger partial charge is 0.345 e. The fourth-order valence-corrected chi connectivity index (χ4v) is 4.32. The third-order valence-corrected chi connectivity index (χ3v) is 6.10. The van der Waals surface area contributed by atoms with Gasteiger partial charge in [0.15, 0.2) is 5.13 Å². The van der Waals surface area contributed by atoms with E-state index in [1.807, 2.05) is 12.1 Å². The van der Waals surface area contributed by atoms with Crippen molar-refractivity contribution in [2.45, 2.75) is 6.54 Å². The van der Waals surface area contributed by atoms with Gasteiger partial charge in [-0.15, -0.1) is 0 Å². The number of nitro benzene ring substituents is 1. The molecular formula is C19H18ClN5O3S. The van der Waals surface area contributed by atoms with E-state index >= 15 is 0 Å². The van der Waals surface area contributed by atoms with Gasteiger partial charge in [-0.25, -0.2) is 9.78 Å². The summed E-state index contributed by atoms with van der Waals surface area (Å²) in [6, 6.07) is 12.0. The van der Waals surface area contributed by atoms with Crippen molar-refractivity contribution in [2.24, 2.45) is 0 Å². The number of urea groups is 1. The predicted octanol–water partition coefficient (Wildman–Crippen LogP) is 3.89. The van der Waals surface area contributed by atoms with Gasteiger partial charge < -0.3 is 15.1 Å². The van der Waals surface area contributed by atoms with Crippen molar-refractivity contribution in [3.8, 4) is 0 Å². The maximum Gasteiger partial charge on any atom is 0.317 e. The van der Waals surface area contributed by atoms with E-state index < -0.39 is 4.92 Å². The molecule has 0 atom stereocenters. The highest BCUT2D eigenvalue weighted by molar-refractivity contribution is 7.22. The number of hydrogen-bond acceptors (Lipinski definition) is 6. The number of hydrogen-bond donors (Lipinski definition) is 1. The summed E-state index contributed by atoms with van der Waals surface area (Å²) in [6.45, 7) is 2.95. The summed E-state index contributed by atoms with van der Waals surface area (Å²) in [7, 11) is 0. The first-order valence-electron chi connectivity index (χ1n) is 9.07. The van der Waals surface area contributed by atoms with Gasteiger partial charge in [-0.1, -0.05) is 35.1 Å². The van der Waals surface area contributed by atoms with E-state index in [0.717, 1.165) is 20.9 Å². The molecule has 0 spiro atoms. The Bertz CT molecular complexity index is 1050. The third-order valence-electron chi connectivity index (χ3n) is 4.77. The number of carbonyl (C=O) groups is 1. The molecule has 2 amide bonds. The van der Waals surface area contributed by atoms with Crippen LogP contribution in [0.25, 0.3) is 10.2 Å². The SMILES string of the molecule is O=C(NCc1ccc(Cl)cc1)N1CCN(c2nc3ccc([N+](=O)[O-])cc3s2)CC1. The molecule has 0 saturated carbocycles. The molecule has 0 bridgehead atoms. The Morgan fingerprint density at radius 3 is 2.59 bits per heavy atom. The lowest BCUT2D eigenvalue weighted by molar-refractivity contribution is -0.384. The predicted molar refractivity (Wildman–Crippen MR) is 114 cm³/mol. The number of rotatable bonds is 4. The molecule has 1 aromatic heterocycles. The normalized spacial score (nSPS) is 14.2. The molecule has 0 aliphatic carbocycles. The Morgan fingerprint density at radius 1 is 1.17 bits per heavy atom. The number of halogens is 1. The first-order chi connectivity index (χ1) is 14.0. The van der Waals surface area contributed by atoms with E-state index in [2.05, 4.69) is 15.2 Å². The van der Waals surface area contributed by atoms with Crippen molar-refractivity contribution in [1.29, 1.82) is 0 Å². The first-order valence-corrected chi connectivity index (χ1v) is 10.3. The maximum absolute atomic E-state index is 12.4. The number of thiazole rings is 1. The summed E-state index contributed by atoms with van der Waals surface area (Å²) in [4.78, 5) is 31.4. The monoisotopic (exact) mass is 431 g/mol. The van der Waals surface area contributed by atoms with E-state index in [1.165, 1.54) is 17.4 Å². The minimum Gasteiger partial charge on any atom is -0.345 e. The van der Waals surface area contributed by atoms with Gasteiger partial charge >= 0.3 is 6.03 Å². The molecule has 2 aromatic carbocycles. The molecule has 1 N–H and O–H groups in total. The fourth-order valence-electron chi connectivity index (χ4n) is 3.14. The summed E-state index contributed by atoms with van der Waals surface area (Å²) in [5, 5.41) is 15.4. The van der Waals surface area contributed by atoms with E-state index in [-0.39, 0.29) is 11.7 Å². The van der Waals surface area contributed by atoms with Crippen molar-refractivity contribution in [3.05, 3.63) is 63.2 Å².